The molecule has 0 bridgehead atoms. The van der Waals surface area contributed by atoms with Crippen LogP contribution in [0.2, 0.25) is 0 Å². The van der Waals surface area contributed by atoms with Gasteiger partial charge in [-0.1, -0.05) is 42.5 Å². The van der Waals surface area contributed by atoms with Crippen molar-refractivity contribution >= 4 is 17.7 Å². The number of carbonyl (C=O) groups excluding carboxylic acids is 3. The van der Waals surface area contributed by atoms with Crippen molar-refractivity contribution in [3.63, 3.8) is 0 Å². The van der Waals surface area contributed by atoms with E-state index in [4.69, 9.17) is 0 Å². The van der Waals surface area contributed by atoms with Gasteiger partial charge in [0.1, 0.15) is 6.54 Å². The van der Waals surface area contributed by atoms with Gasteiger partial charge < -0.3 is 10.4 Å². The third kappa shape index (κ3) is 3.75. The van der Waals surface area contributed by atoms with Crippen molar-refractivity contribution < 1.29 is 19.5 Å². The number of nitrogens with one attached hydrogen (secondary N) is 1. The molecule has 2 aromatic rings. The molecule has 0 aliphatic carbocycles. The number of amides is 3. The van der Waals surface area contributed by atoms with Gasteiger partial charge in [-0.3, -0.25) is 19.3 Å². The summed E-state index contributed by atoms with van der Waals surface area (Å²) in [5.41, 5.74) is 1.58. The Morgan fingerprint density at radius 2 is 1.52 bits per heavy atom. The zero-order chi connectivity index (χ0) is 17.8. The SMILES string of the molecule is O=C(CN1C(=O)c2ccccc2C1=O)NCC(O)Cc1ccccc1. The molecule has 2 N–H and O–H groups in total. The van der Waals surface area contributed by atoms with E-state index in [2.05, 4.69) is 5.32 Å². The third-order valence-electron chi connectivity index (χ3n) is 4.03. The van der Waals surface area contributed by atoms with Crippen LogP contribution < -0.4 is 5.32 Å². The molecule has 3 rings (SSSR count). The van der Waals surface area contributed by atoms with Crippen LogP contribution in [0.1, 0.15) is 26.3 Å². The molecule has 3 amide bonds. The smallest absolute Gasteiger partial charge is 0.262 e. The first kappa shape index (κ1) is 16.9. The fourth-order valence-corrected chi connectivity index (χ4v) is 2.77. The van der Waals surface area contributed by atoms with Crippen molar-refractivity contribution in [1.29, 1.82) is 0 Å². The highest BCUT2D eigenvalue weighted by Crippen LogP contribution is 2.21. The molecule has 1 aliphatic rings. The van der Waals surface area contributed by atoms with Crippen LogP contribution in [0.25, 0.3) is 0 Å². The van der Waals surface area contributed by atoms with Gasteiger partial charge in [-0.2, -0.15) is 0 Å². The maximum Gasteiger partial charge on any atom is 0.262 e. The molecule has 0 aromatic heterocycles. The second-order valence-corrected chi connectivity index (χ2v) is 5.89. The first-order chi connectivity index (χ1) is 12.1. The minimum absolute atomic E-state index is 0.0525. The number of benzene rings is 2. The van der Waals surface area contributed by atoms with Crippen LogP contribution in [-0.2, 0) is 11.2 Å². The van der Waals surface area contributed by atoms with Crippen molar-refractivity contribution in [1.82, 2.24) is 10.2 Å². The maximum absolute atomic E-state index is 12.2. The standard InChI is InChI=1S/C19H18N2O4/c22-14(10-13-6-2-1-3-7-13)11-20-17(23)12-21-18(24)15-8-4-5-9-16(15)19(21)25/h1-9,14,22H,10-12H2,(H,20,23). The fourth-order valence-electron chi connectivity index (χ4n) is 2.77. The molecule has 6 nitrogen and oxygen atoms in total. The average Bonchev–Trinajstić information content (AvgIpc) is 2.86. The summed E-state index contributed by atoms with van der Waals surface area (Å²) in [5, 5.41) is 12.6. The number of fused-ring (bicyclic) bond motifs is 1. The molecular formula is C19H18N2O4. The largest absolute Gasteiger partial charge is 0.391 e. The Labute approximate surface area is 145 Å². The molecular weight excluding hydrogens is 320 g/mol. The lowest BCUT2D eigenvalue weighted by Gasteiger charge is -2.15. The van der Waals surface area contributed by atoms with Crippen molar-refractivity contribution in [3.05, 3.63) is 71.3 Å². The van der Waals surface area contributed by atoms with E-state index in [0.29, 0.717) is 17.5 Å². The van der Waals surface area contributed by atoms with Crippen LogP contribution in [0.5, 0.6) is 0 Å². The van der Waals surface area contributed by atoms with E-state index in [1.165, 1.54) is 0 Å². The van der Waals surface area contributed by atoms with Gasteiger partial charge in [-0.15, -0.1) is 0 Å². The van der Waals surface area contributed by atoms with Crippen LogP contribution >= 0.6 is 0 Å². The number of aliphatic hydroxyl groups is 1. The summed E-state index contributed by atoms with van der Waals surface area (Å²) in [6.07, 6.45) is -0.331. The molecule has 0 saturated heterocycles. The second-order valence-electron chi connectivity index (χ2n) is 5.89. The van der Waals surface area contributed by atoms with Crippen LogP contribution in [0.4, 0.5) is 0 Å². The summed E-state index contributed by atoms with van der Waals surface area (Å²) < 4.78 is 0. The monoisotopic (exact) mass is 338 g/mol. The third-order valence-corrected chi connectivity index (χ3v) is 4.03. The molecule has 1 heterocycles. The van der Waals surface area contributed by atoms with Crippen molar-refractivity contribution in [2.75, 3.05) is 13.1 Å². The Bertz CT molecular complexity index is 769. The zero-order valence-electron chi connectivity index (χ0n) is 13.5. The number of rotatable bonds is 6. The van der Waals surface area contributed by atoms with Gasteiger partial charge in [0, 0.05) is 13.0 Å². The molecule has 6 heteroatoms. The van der Waals surface area contributed by atoms with Crippen LogP contribution in [-0.4, -0.2) is 46.9 Å². The summed E-state index contributed by atoms with van der Waals surface area (Å²) in [5.74, 6) is -1.43. The van der Waals surface area contributed by atoms with E-state index < -0.39 is 23.8 Å². The number of nitrogens with zero attached hydrogens (tertiary/aromatic N) is 1. The van der Waals surface area contributed by atoms with E-state index in [9.17, 15) is 19.5 Å². The number of aliphatic hydroxyl groups excluding tert-OH is 1. The van der Waals surface area contributed by atoms with E-state index in [1.54, 1.807) is 24.3 Å². The van der Waals surface area contributed by atoms with Crippen molar-refractivity contribution in [2.45, 2.75) is 12.5 Å². The highest BCUT2D eigenvalue weighted by atomic mass is 16.3. The van der Waals surface area contributed by atoms with Crippen LogP contribution in [0.15, 0.2) is 54.6 Å². The molecule has 1 unspecified atom stereocenters. The average molecular weight is 338 g/mol. The Kier molecular flexibility index (Phi) is 4.90. The summed E-state index contributed by atoms with van der Waals surface area (Å²) in [6.45, 7) is -0.304. The lowest BCUT2D eigenvalue weighted by atomic mass is 10.1. The molecule has 1 aliphatic heterocycles. The molecule has 0 spiro atoms. The van der Waals surface area contributed by atoms with E-state index >= 15 is 0 Å². The van der Waals surface area contributed by atoms with Gasteiger partial charge in [0.2, 0.25) is 5.91 Å². The van der Waals surface area contributed by atoms with Crippen molar-refractivity contribution in [2.24, 2.45) is 0 Å². The molecule has 0 saturated carbocycles. The topological polar surface area (TPSA) is 86.7 Å². The molecule has 0 fully saturated rings. The van der Waals surface area contributed by atoms with E-state index in [-0.39, 0.29) is 13.1 Å². The first-order valence-electron chi connectivity index (χ1n) is 8.00. The predicted molar refractivity (Wildman–Crippen MR) is 91.0 cm³/mol. The maximum atomic E-state index is 12.2. The quantitative estimate of drug-likeness (QED) is 0.770. The van der Waals surface area contributed by atoms with Crippen LogP contribution in [0, 0.1) is 0 Å². The fraction of sp³-hybridized carbons (Fsp3) is 0.211. The predicted octanol–water partition coefficient (Wildman–Crippen LogP) is 1.00. The van der Waals surface area contributed by atoms with Gasteiger partial charge in [-0.25, -0.2) is 0 Å². The molecule has 25 heavy (non-hydrogen) atoms. The molecule has 2 aromatic carbocycles. The molecule has 1 atom stereocenters. The van der Waals surface area contributed by atoms with E-state index in [0.717, 1.165) is 10.5 Å². The van der Waals surface area contributed by atoms with Gasteiger partial charge in [0.25, 0.3) is 11.8 Å². The Morgan fingerprint density at radius 1 is 0.960 bits per heavy atom. The lowest BCUT2D eigenvalue weighted by molar-refractivity contribution is -0.121. The summed E-state index contributed by atoms with van der Waals surface area (Å²) in [7, 11) is 0. The molecule has 0 radical (unpaired) electrons. The highest BCUT2D eigenvalue weighted by Gasteiger charge is 2.36. The molecule has 128 valence electrons. The van der Waals surface area contributed by atoms with Crippen molar-refractivity contribution in [3.8, 4) is 0 Å². The Hall–Kier alpha value is -2.99. The zero-order valence-corrected chi connectivity index (χ0v) is 13.5. The van der Waals surface area contributed by atoms with Gasteiger partial charge >= 0.3 is 0 Å². The first-order valence-corrected chi connectivity index (χ1v) is 8.00. The number of imide groups is 1. The Balaban J connectivity index is 1.52. The summed E-state index contributed by atoms with van der Waals surface area (Å²) >= 11 is 0. The van der Waals surface area contributed by atoms with E-state index in [1.807, 2.05) is 30.3 Å². The summed E-state index contributed by atoms with van der Waals surface area (Å²) in [6, 6.07) is 15.9. The normalized spacial score (nSPS) is 14.4. The minimum Gasteiger partial charge on any atom is -0.391 e. The number of hydrogen-bond acceptors (Lipinski definition) is 4. The van der Waals surface area contributed by atoms with Gasteiger partial charge in [0.15, 0.2) is 0 Å². The lowest BCUT2D eigenvalue weighted by Crippen LogP contribution is -2.42. The van der Waals surface area contributed by atoms with Gasteiger partial charge in [-0.05, 0) is 17.7 Å². The summed E-state index contributed by atoms with van der Waals surface area (Å²) in [4.78, 5) is 37.3. The number of carbonyl (C=O) groups is 3. The van der Waals surface area contributed by atoms with Crippen LogP contribution in [0.3, 0.4) is 0 Å². The highest BCUT2D eigenvalue weighted by molar-refractivity contribution is 6.22. The second kappa shape index (κ2) is 7.27. The number of hydrogen-bond donors (Lipinski definition) is 2. The van der Waals surface area contributed by atoms with Gasteiger partial charge in [0.05, 0.1) is 17.2 Å². The Morgan fingerprint density at radius 3 is 2.12 bits per heavy atom. The minimum atomic E-state index is -0.742.